The van der Waals surface area contributed by atoms with Gasteiger partial charge < -0.3 is 0 Å². The number of nitrogens with zero attached hydrogens (tertiary/aromatic N) is 1. The van der Waals surface area contributed by atoms with Crippen molar-refractivity contribution in [3.8, 4) is 0 Å². The van der Waals surface area contributed by atoms with Crippen molar-refractivity contribution in [2.45, 2.75) is 6.92 Å². The quantitative estimate of drug-likeness (QED) is 0.725. The van der Waals surface area contributed by atoms with Gasteiger partial charge in [-0.1, -0.05) is 42.1 Å². The second kappa shape index (κ2) is 7.25. The molecule has 0 fully saturated rings. The second-order valence-corrected chi connectivity index (χ2v) is 5.14. The number of benzene rings is 1. The topological polar surface area (TPSA) is 37.4 Å². The van der Waals surface area contributed by atoms with Crippen LogP contribution in [0.4, 0.5) is 0 Å². The first kappa shape index (κ1) is 13.9. The van der Waals surface area contributed by atoms with Crippen molar-refractivity contribution in [2.24, 2.45) is 0 Å². The fourth-order valence-electron chi connectivity index (χ4n) is 1.38. The Morgan fingerprint density at radius 3 is 2.47 bits per heavy atom. The molecule has 3 nitrogen and oxygen atoms in total. The lowest BCUT2D eigenvalue weighted by atomic mass is 10.1. The third-order valence-corrected chi connectivity index (χ3v) is 3.08. The summed E-state index contributed by atoms with van der Waals surface area (Å²) in [7, 11) is 1.89. The highest BCUT2D eigenvalue weighted by atomic mass is 32.2. The predicted molar refractivity (Wildman–Crippen MR) is 71.4 cm³/mol. The third-order valence-electron chi connectivity index (χ3n) is 2.29. The first-order chi connectivity index (χ1) is 8.09. The van der Waals surface area contributed by atoms with Gasteiger partial charge in [-0.2, -0.15) is 0 Å². The molecule has 0 bridgehead atoms. The number of hydrogen-bond acceptors (Lipinski definition) is 4. The molecule has 92 valence electrons. The minimum atomic E-state index is 0.112. The Labute approximate surface area is 106 Å². The zero-order chi connectivity index (χ0) is 12.7. The Balaban J connectivity index is 2.34. The molecule has 0 saturated carbocycles. The highest BCUT2D eigenvalue weighted by Gasteiger charge is 2.08. The van der Waals surface area contributed by atoms with Crippen molar-refractivity contribution >= 4 is 22.7 Å². The van der Waals surface area contributed by atoms with Crippen molar-refractivity contribution in [1.29, 1.82) is 0 Å². The van der Waals surface area contributed by atoms with E-state index in [-0.39, 0.29) is 10.9 Å². The summed E-state index contributed by atoms with van der Waals surface area (Å²) in [6.45, 7) is 2.69. The predicted octanol–water partition coefficient (Wildman–Crippen LogP) is 2.08. The van der Waals surface area contributed by atoms with Gasteiger partial charge in [-0.15, -0.1) is 0 Å². The van der Waals surface area contributed by atoms with E-state index in [2.05, 4.69) is 0 Å². The molecule has 0 unspecified atom stereocenters. The average molecular weight is 251 g/mol. The minimum Gasteiger partial charge on any atom is -0.298 e. The monoisotopic (exact) mass is 251 g/mol. The summed E-state index contributed by atoms with van der Waals surface area (Å²) in [5, 5.41) is 0.118. The van der Waals surface area contributed by atoms with Gasteiger partial charge in [0.2, 0.25) is 0 Å². The van der Waals surface area contributed by atoms with Crippen molar-refractivity contribution in [2.75, 3.05) is 25.9 Å². The molecule has 0 aliphatic rings. The number of likely N-dealkylation sites (N-methyl/N-ethyl adjacent to an activating group) is 1. The lowest BCUT2D eigenvalue weighted by molar-refractivity contribution is -0.109. The van der Waals surface area contributed by atoms with E-state index in [4.69, 9.17) is 0 Å². The van der Waals surface area contributed by atoms with Crippen LogP contribution in [0.25, 0.3) is 0 Å². The largest absolute Gasteiger partial charge is 0.298 e. The van der Waals surface area contributed by atoms with Crippen LogP contribution in [0.1, 0.15) is 17.3 Å². The summed E-state index contributed by atoms with van der Waals surface area (Å²) in [5.74, 6) is 0.842. The molecule has 0 atom stereocenters. The smallest absolute Gasteiger partial charge is 0.185 e. The summed E-state index contributed by atoms with van der Waals surface area (Å²) < 4.78 is 0. The lowest BCUT2D eigenvalue weighted by Crippen LogP contribution is -2.28. The zero-order valence-corrected chi connectivity index (χ0v) is 11.0. The number of ketones is 1. The van der Waals surface area contributed by atoms with E-state index in [0.717, 1.165) is 17.9 Å². The number of Topliss-reactive ketones (excluding diaryl/α,β-unsaturated/α-hetero) is 1. The van der Waals surface area contributed by atoms with Gasteiger partial charge in [-0.3, -0.25) is 14.5 Å². The number of carbonyl (C=O) groups excluding carboxylic acids is 2. The van der Waals surface area contributed by atoms with Crippen molar-refractivity contribution in [1.82, 2.24) is 4.90 Å². The van der Waals surface area contributed by atoms with Gasteiger partial charge in [-0.25, -0.2) is 0 Å². The Morgan fingerprint density at radius 1 is 1.24 bits per heavy atom. The molecular weight excluding hydrogens is 234 g/mol. The van der Waals surface area contributed by atoms with Crippen LogP contribution < -0.4 is 0 Å². The standard InChI is InChI=1S/C13H17NO2S/c1-11(15)17-9-8-14(2)10-13(16)12-6-4-3-5-7-12/h3-7H,8-10H2,1-2H3. The molecule has 17 heavy (non-hydrogen) atoms. The van der Waals surface area contributed by atoms with Crippen LogP contribution in [0.5, 0.6) is 0 Å². The van der Waals surface area contributed by atoms with E-state index >= 15 is 0 Å². The zero-order valence-electron chi connectivity index (χ0n) is 10.2. The molecule has 0 aromatic heterocycles. The number of thioether (sulfide) groups is 1. The maximum atomic E-state index is 11.8. The highest BCUT2D eigenvalue weighted by Crippen LogP contribution is 2.03. The van der Waals surface area contributed by atoms with Crippen molar-refractivity contribution in [3.05, 3.63) is 35.9 Å². The SMILES string of the molecule is CC(=O)SCCN(C)CC(=O)c1ccccc1. The second-order valence-electron chi connectivity index (χ2n) is 3.87. The van der Waals surface area contributed by atoms with Crippen LogP contribution in [-0.2, 0) is 4.79 Å². The normalized spacial score (nSPS) is 10.5. The van der Waals surface area contributed by atoms with Crippen LogP contribution in [0.15, 0.2) is 30.3 Å². The van der Waals surface area contributed by atoms with Gasteiger partial charge >= 0.3 is 0 Å². The Bertz CT molecular complexity index is 378. The molecule has 0 N–H and O–H groups in total. The van der Waals surface area contributed by atoms with E-state index in [1.54, 1.807) is 6.92 Å². The van der Waals surface area contributed by atoms with Crippen LogP contribution in [0.3, 0.4) is 0 Å². The van der Waals surface area contributed by atoms with E-state index in [0.29, 0.717) is 6.54 Å². The Morgan fingerprint density at radius 2 is 1.88 bits per heavy atom. The molecule has 0 saturated heterocycles. The first-order valence-corrected chi connectivity index (χ1v) is 6.48. The lowest BCUT2D eigenvalue weighted by Gasteiger charge is -2.14. The van der Waals surface area contributed by atoms with Crippen molar-refractivity contribution in [3.63, 3.8) is 0 Å². The molecule has 0 spiro atoms. The van der Waals surface area contributed by atoms with Gasteiger partial charge in [0.25, 0.3) is 0 Å². The van der Waals surface area contributed by atoms with Crippen LogP contribution in [-0.4, -0.2) is 41.7 Å². The molecule has 0 amide bonds. The molecule has 0 aliphatic carbocycles. The summed E-state index contributed by atoms with van der Waals surface area (Å²) in [6, 6.07) is 9.25. The van der Waals surface area contributed by atoms with E-state index in [1.165, 1.54) is 11.8 Å². The number of rotatable bonds is 6. The third kappa shape index (κ3) is 5.65. The number of carbonyl (C=O) groups is 2. The summed E-state index contributed by atoms with van der Waals surface area (Å²) in [6.07, 6.45) is 0. The maximum absolute atomic E-state index is 11.8. The first-order valence-electron chi connectivity index (χ1n) is 5.49. The van der Waals surface area contributed by atoms with Gasteiger partial charge in [0.15, 0.2) is 10.9 Å². The van der Waals surface area contributed by atoms with E-state index < -0.39 is 0 Å². The molecule has 0 aliphatic heterocycles. The molecule has 1 aromatic carbocycles. The molecular formula is C13H17NO2S. The molecule has 1 rings (SSSR count). The summed E-state index contributed by atoms with van der Waals surface area (Å²) in [5.41, 5.74) is 0.735. The van der Waals surface area contributed by atoms with Gasteiger partial charge in [0.05, 0.1) is 6.54 Å². The molecule has 1 aromatic rings. The van der Waals surface area contributed by atoms with E-state index in [1.807, 2.05) is 42.3 Å². The molecule has 0 heterocycles. The fraction of sp³-hybridized carbons (Fsp3) is 0.385. The number of hydrogen-bond donors (Lipinski definition) is 0. The molecule has 4 heteroatoms. The summed E-state index contributed by atoms with van der Waals surface area (Å²) in [4.78, 5) is 24.5. The van der Waals surface area contributed by atoms with Gasteiger partial charge in [0.1, 0.15) is 0 Å². The van der Waals surface area contributed by atoms with Crippen LogP contribution >= 0.6 is 11.8 Å². The maximum Gasteiger partial charge on any atom is 0.185 e. The highest BCUT2D eigenvalue weighted by molar-refractivity contribution is 8.13. The van der Waals surface area contributed by atoms with Crippen LogP contribution in [0.2, 0.25) is 0 Å². The average Bonchev–Trinajstić information content (AvgIpc) is 2.29. The van der Waals surface area contributed by atoms with E-state index in [9.17, 15) is 9.59 Å². The molecule has 0 radical (unpaired) electrons. The van der Waals surface area contributed by atoms with Gasteiger partial charge in [0, 0.05) is 24.8 Å². The minimum absolute atomic E-state index is 0.112. The Kier molecular flexibility index (Phi) is 5.94. The Hall–Kier alpha value is -1.13. The van der Waals surface area contributed by atoms with Crippen molar-refractivity contribution < 1.29 is 9.59 Å². The fourth-order valence-corrected chi connectivity index (χ4v) is 2.08. The summed E-state index contributed by atoms with van der Waals surface area (Å²) >= 11 is 1.29. The van der Waals surface area contributed by atoms with Gasteiger partial charge in [-0.05, 0) is 7.05 Å². The van der Waals surface area contributed by atoms with Crippen LogP contribution in [0, 0.1) is 0 Å².